The number of nitrogens with one attached hydrogen (secondary N) is 1. The first-order chi connectivity index (χ1) is 14.0. The number of nitrogens with two attached hydrogens (primary N) is 3. The Labute approximate surface area is 171 Å². The van der Waals surface area contributed by atoms with E-state index in [1.165, 1.54) is 0 Å². The van der Waals surface area contributed by atoms with Crippen LogP contribution in [0, 0.1) is 0 Å². The highest BCUT2D eigenvalue weighted by atomic mass is 16.5. The number of amidine groups is 2. The van der Waals surface area contributed by atoms with Crippen LogP contribution in [0.3, 0.4) is 0 Å². The lowest BCUT2D eigenvalue weighted by Crippen LogP contribution is -2.24. The number of nitrogens with zero attached hydrogens (tertiary/aromatic N) is 2. The summed E-state index contributed by atoms with van der Waals surface area (Å²) < 4.78 is 15.9. The molecule has 1 aromatic carbocycles. The molecule has 0 heterocycles. The Morgan fingerprint density at radius 1 is 0.931 bits per heavy atom. The van der Waals surface area contributed by atoms with Crippen LogP contribution in [-0.4, -0.2) is 63.8 Å². The highest BCUT2D eigenvalue weighted by Crippen LogP contribution is 2.04. The van der Waals surface area contributed by atoms with E-state index in [9.17, 15) is 4.79 Å². The van der Waals surface area contributed by atoms with Gasteiger partial charge in [0, 0.05) is 25.1 Å². The first-order valence-electron chi connectivity index (χ1n) is 9.45. The summed E-state index contributed by atoms with van der Waals surface area (Å²) in [7, 11) is 0. The van der Waals surface area contributed by atoms with E-state index in [0.29, 0.717) is 58.6 Å². The molecule has 0 radical (unpaired) electrons. The molecule has 0 aliphatic rings. The highest BCUT2D eigenvalue weighted by molar-refractivity contribution is 5.97. The number of rotatable bonds is 15. The zero-order valence-electron chi connectivity index (χ0n) is 16.9. The van der Waals surface area contributed by atoms with Crippen molar-refractivity contribution in [1.29, 1.82) is 0 Å². The average Bonchev–Trinajstić information content (AvgIpc) is 2.72. The molecule has 10 nitrogen and oxygen atoms in total. The first kappa shape index (κ1) is 24.5. The quantitative estimate of drug-likeness (QED) is 0.134. The Morgan fingerprint density at radius 3 is 2.10 bits per heavy atom. The molecule has 0 aliphatic heterocycles. The second kappa shape index (κ2) is 15.4. The van der Waals surface area contributed by atoms with Gasteiger partial charge >= 0.3 is 0 Å². The van der Waals surface area contributed by atoms with Crippen LogP contribution in [0.5, 0.6) is 0 Å². The van der Waals surface area contributed by atoms with Gasteiger partial charge in [0.2, 0.25) is 5.91 Å². The molecule has 162 valence electrons. The number of carbonyl (C=O) groups is 1. The summed E-state index contributed by atoms with van der Waals surface area (Å²) in [5, 5.41) is 10.4. The van der Waals surface area contributed by atoms with E-state index in [1.807, 2.05) is 24.3 Å². The van der Waals surface area contributed by atoms with Crippen molar-refractivity contribution < 1.29 is 19.0 Å². The zero-order valence-corrected chi connectivity index (χ0v) is 16.9. The van der Waals surface area contributed by atoms with Gasteiger partial charge in [0.15, 0.2) is 5.84 Å². The van der Waals surface area contributed by atoms with E-state index in [0.717, 1.165) is 11.1 Å². The molecule has 29 heavy (non-hydrogen) atoms. The van der Waals surface area contributed by atoms with E-state index in [4.69, 9.17) is 31.4 Å². The molecule has 0 aliphatic carbocycles. The Kier molecular flexibility index (Phi) is 13.0. The minimum atomic E-state index is -0.0842. The van der Waals surface area contributed by atoms with Crippen LogP contribution in [0.2, 0.25) is 0 Å². The fourth-order valence-electron chi connectivity index (χ4n) is 2.06. The summed E-state index contributed by atoms with van der Waals surface area (Å²) in [5.74, 6) is 0.519. The summed E-state index contributed by atoms with van der Waals surface area (Å²) in [4.78, 5) is 11.9. The average molecular weight is 409 g/mol. The molecule has 0 saturated heterocycles. The molecule has 0 unspecified atom stereocenters. The van der Waals surface area contributed by atoms with E-state index in [2.05, 4.69) is 15.5 Å². The molecule has 0 spiro atoms. The standard InChI is InChI=1S/C19H32N6O4/c1-15(21)24-25-19(22)17-4-2-16(3-5-17)14-23-18(26)6-8-27-10-12-29-13-11-28-9-7-20/h2-5H,6-14,20H2,1H3,(H2,21,24)(H2,22,25)(H,23,26). The maximum absolute atomic E-state index is 11.9. The number of hydrogen-bond acceptors (Lipinski definition) is 7. The van der Waals surface area contributed by atoms with Crippen molar-refractivity contribution in [1.82, 2.24) is 5.32 Å². The van der Waals surface area contributed by atoms with Crippen molar-refractivity contribution in [2.75, 3.05) is 46.2 Å². The maximum atomic E-state index is 11.9. The van der Waals surface area contributed by atoms with E-state index >= 15 is 0 Å². The summed E-state index contributed by atoms with van der Waals surface area (Å²) >= 11 is 0. The Bertz CT molecular complexity index is 645. The largest absolute Gasteiger partial charge is 0.386 e. The van der Waals surface area contributed by atoms with Crippen molar-refractivity contribution >= 4 is 17.6 Å². The summed E-state index contributed by atoms with van der Waals surface area (Å²) in [6.45, 7) is 5.33. The normalized spacial score (nSPS) is 12.2. The molecule has 10 heteroatoms. The van der Waals surface area contributed by atoms with Crippen LogP contribution in [0.4, 0.5) is 0 Å². The van der Waals surface area contributed by atoms with Crippen molar-refractivity contribution in [3.05, 3.63) is 35.4 Å². The Balaban J connectivity index is 2.14. The van der Waals surface area contributed by atoms with E-state index in [1.54, 1.807) is 6.92 Å². The number of hydrogen-bond donors (Lipinski definition) is 4. The third kappa shape index (κ3) is 12.5. The van der Waals surface area contributed by atoms with Gasteiger partial charge in [-0.05, 0) is 12.5 Å². The van der Waals surface area contributed by atoms with E-state index < -0.39 is 0 Å². The van der Waals surface area contributed by atoms with Gasteiger partial charge in [0.25, 0.3) is 0 Å². The predicted octanol–water partition coefficient (Wildman–Crippen LogP) is -0.301. The topological polar surface area (TPSA) is 160 Å². The number of ether oxygens (including phenoxy) is 3. The lowest BCUT2D eigenvalue weighted by molar-refractivity contribution is -0.122. The molecule has 1 amide bonds. The molecular weight excluding hydrogens is 376 g/mol. The van der Waals surface area contributed by atoms with Gasteiger partial charge in [0.1, 0.15) is 5.84 Å². The fourth-order valence-corrected chi connectivity index (χ4v) is 2.06. The molecule has 1 rings (SSSR count). The zero-order chi connectivity index (χ0) is 21.3. The maximum Gasteiger partial charge on any atom is 0.222 e. The van der Waals surface area contributed by atoms with Crippen molar-refractivity contribution in [2.45, 2.75) is 19.9 Å². The minimum absolute atomic E-state index is 0.0842. The van der Waals surface area contributed by atoms with E-state index in [-0.39, 0.29) is 18.2 Å². The molecule has 0 aromatic heterocycles. The Morgan fingerprint density at radius 2 is 1.52 bits per heavy atom. The number of amides is 1. The van der Waals surface area contributed by atoms with Crippen LogP contribution in [0.25, 0.3) is 0 Å². The third-order valence-corrected chi connectivity index (χ3v) is 3.53. The van der Waals surface area contributed by atoms with Crippen LogP contribution >= 0.6 is 0 Å². The van der Waals surface area contributed by atoms with Crippen LogP contribution in [0.1, 0.15) is 24.5 Å². The lowest BCUT2D eigenvalue weighted by atomic mass is 10.1. The van der Waals surface area contributed by atoms with Crippen LogP contribution < -0.4 is 22.5 Å². The fraction of sp³-hybridized carbons (Fsp3) is 0.526. The summed E-state index contributed by atoms with van der Waals surface area (Å²) in [6.07, 6.45) is 0.285. The number of benzene rings is 1. The molecule has 0 fully saturated rings. The monoisotopic (exact) mass is 408 g/mol. The van der Waals surface area contributed by atoms with Gasteiger partial charge in [-0.15, -0.1) is 10.2 Å². The first-order valence-corrected chi connectivity index (χ1v) is 9.45. The van der Waals surface area contributed by atoms with Gasteiger partial charge in [-0.2, -0.15) is 0 Å². The predicted molar refractivity (Wildman–Crippen MR) is 112 cm³/mol. The molecule has 0 atom stereocenters. The van der Waals surface area contributed by atoms with Crippen LogP contribution in [-0.2, 0) is 25.5 Å². The summed E-state index contributed by atoms with van der Waals surface area (Å²) in [6, 6.07) is 7.35. The number of carbonyl (C=O) groups excluding carboxylic acids is 1. The molecule has 1 aromatic rings. The SMILES string of the molecule is C/C(N)=N/N=C(\N)c1ccc(CNC(=O)CCOCCOCCOCCN)cc1. The second-order valence-corrected chi connectivity index (χ2v) is 6.08. The molecule has 0 saturated carbocycles. The Hall–Kier alpha value is -2.53. The minimum Gasteiger partial charge on any atom is -0.386 e. The van der Waals surface area contributed by atoms with Crippen molar-refractivity contribution in [3.63, 3.8) is 0 Å². The summed E-state index contributed by atoms with van der Waals surface area (Å²) in [5.41, 5.74) is 18.2. The second-order valence-electron chi connectivity index (χ2n) is 6.08. The van der Waals surface area contributed by atoms with Gasteiger partial charge in [-0.1, -0.05) is 24.3 Å². The van der Waals surface area contributed by atoms with Gasteiger partial charge in [0.05, 0.1) is 39.6 Å². The van der Waals surface area contributed by atoms with Crippen LogP contribution in [0.15, 0.2) is 34.5 Å². The smallest absolute Gasteiger partial charge is 0.222 e. The molecule has 0 bridgehead atoms. The van der Waals surface area contributed by atoms with Crippen molar-refractivity contribution in [2.24, 2.45) is 27.4 Å². The van der Waals surface area contributed by atoms with Gasteiger partial charge in [-0.3, -0.25) is 4.79 Å². The van der Waals surface area contributed by atoms with Gasteiger partial charge in [-0.25, -0.2) is 0 Å². The highest BCUT2D eigenvalue weighted by Gasteiger charge is 2.03. The van der Waals surface area contributed by atoms with Gasteiger partial charge < -0.3 is 36.7 Å². The third-order valence-electron chi connectivity index (χ3n) is 3.53. The molecular formula is C19H32N6O4. The molecule has 7 N–H and O–H groups in total. The van der Waals surface area contributed by atoms with Crippen molar-refractivity contribution in [3.8, 4) is 0 Å². The lowest BCUT2D eigenvalue weighted by Gasteiger charge is -2.08.